The van der Waals surface area contributed by atoms with Crippen molar-refractivity contribution in [3.63, 3.8) is 0 Å². The Labute approximate surface area is 202 Å². The number of thiol groups is 1. The summed E-state index contributed by atoms with van der Waals surface area (Å²) in [6.07, 6.45) is -0.760. The minimum atomic E-state index is -0.625. The first-order chi connectivity index (χ1) is 15.2. The standard InChI is InChI=1S/C23H28BrNO6S/c1-23(2,11-13-30-20(27)15-32)21(16-3-9-19(10-4-16)29-14-12-26)31-22(28)25-18-7-5-17(24)6-8-18/h3-10,21,26,32H,11-15H2,1-2H3,(H,25,28)/t21-/m0/s1. The van der Waals surface area contributed by atoms with Crippen LogP contribution in [-0.4, -0.2) is 42.7 Å². The van der Waals surface area contributed by atoms with E-state index in [-0.39, 0.29) is 25.6 Å². The summed E-state index contributed by atoms with van der Waals surface area (Å²) in [5.41, 5.74) is 0.810. The second-order valence-electron chi connectivity index (χ2n) is 7.68. The van der Waals surface area contributed by atoms with Gasteiger partial charge in [-0.25, -0.2) is 4.79 Å². The molecule has 0 unspecified atom stereocenters. The Kier molecular flexibility index (Phi) is 10.3. The number of carbonyl (C=O) groups excluding carboxylic acids is 2. The number of esters is 1. The lowest BCUT2D eigenvalue weighted by Crippen LogP contribution is -2.30. The smallest absolute Gasteiger partial charge is 0.412 e. The fraction of sp³-hybridized carbons (Fsp3) is 0.391. The molecule has 0 aliphatic rings. The quantitative estimate of drug-likeness (QED) is 0.282. The summed E-state index contributed by atoms with van der Waals surface area (Å²) in [7, 11) is 0. The highest BCUT2D eigenvalue weighted by Gasteiger charge is 2.34. The Bertz CT molecular complexity index is 873. The molecule has 32 heavy (non-hydrogen) atoms. The maximum atomic E-state index is 12.7. The third kappa shape index (κ3) is 8.37. The number of aliphatic hydroxyl groups excluding tert-OH is 1. The van der Waals surface area contributed by atoms with Gasteiger partial charge in [0.25, 0.3) is 0 Å². The fourth-order valence-corrected chi connectivity index (χ4v) is 3.33. The van der Waals surface area contributed by atoms with Gasteiger partial charge in [0.2, 0.25) is 0 Å². The normalized spacial score (nSPS) is 12.0. The lowest BCUT2D eigenvalue weighted by molar-refractivity contribution is -0.141. The van der Waals surface area contributed by atoms with Crippen LogP contribution in [0.1, 0.15) is 31.9 Å². The molecule has 0 radical (unpaired) electrons. The minimum Gasteiger partial charge on any atom is -0.491 e. The summed E-state index contributed by atoms with van der Waals surface area (Å²) < 4.78 is 17.3. The first-order valence-electron chi connectivity index (χ1n) is 10.1. The number of aliphatic hydroxyl groups is 1. The van der Waals surface area contributed by atoms with Crippen LogP contribution in [0, 0.1) is 5.41 Å². The van der Waals surface area contributed by atoms with E-state index in [0.717, 1.165) is 10.0 Å². The third-order valence-electron chi connectivity index (χ3n) is 4.71. The molecule has 1 atom stereocenters. The molecule has 0 aromatic heterocycles. The average Bonchev–Trinajstić information content (AvgIpc) is 2.77. The van der Waals surface area contributed by atoms with Gasteiger partial charge in [-0.15, -0.1) is 0 Å². The average molecular weight is 526 g/mol. The summed E-state index contributed by atoms with van der Waals surface area (Å²) >= 11 is 7.27. The number of hydrogen-bond donors (Lipinski definition) is 3. The molecule has 174 valence electrons. The molecule has 2 N–H and O–H groups in total. The zero-order chi connectivity index (χ0) is 23.6. The summed E-state index contributed by atoms with van der Waals surface area (Å²) in [5, 5.41) is 11.7. The van der Waals surface area contributed by atoms with E-state index in [0.29, 0.717) is 17.9 Å². The summed E-state index contributed by atoms with van der Waals surface area (Å²) in [4.78, 5) is 24.1. The number of nitrogens with one attached hydrogen (secondary N) is 1. The second-order valence-corrected chi connectivity index (χ2v) is 8.91. The van der Waals surface area contributed by atoms with E-state index < -0.39 is 23.6 Å². The van der Waals surface area contributed by atoms with Gasteiger partial charge in [0.15, 0.2) is 0 Å². The number of carbonyl (C=O) groups is 2. The molecular weight excluding hydrogens is 498 g/mol. The number of amides is 1. The molecule has 0 heterocycles. The van der Waals surface area contributed by atoms with E-state index in [1.165, 1.54) is 0 Å². The molecule has 1 amide bonds. The molecule has 2 aromatic carbocycles. The highest BCUT2D eigenvalue weighted by atomic mass is 79.9. The molecule has 0 saturated heterocycles. The maximum absolute atomic E-state index is 12.7. The molecule has 0 bridgehead atoms. The van der Waals surface area contributed by atoms with Gasteiger partial charge in [0.1, 0.15) is 18.5 Å². The zero-order valence-corrected chi connectivity index (χ0v) is 20.5. The second kappa shape index (κ2) is 12.7. The van der Waals surface area contributed by atoms with Crippen molar-refractivity contribution in [2.75, 3.05) is 30.9 Å². The lowest BCUT2D eigenvalue weighted by atomic mass is 9.80. The number of hydrogen-bond acceptors (Lipinski definition) is 7. The fourth-order valence-electron chi connectivity index (χ4n) is 2.97. The van der Waals surface area contributed by atoms with Gasteiger partial charge >= 0.3 is 12.1 Å². The molecule has 0 aliphatic carbocycles. The molecule has 2 aromatic rings. The highest BCUT2D eigenvalue weighted by molar-refractivity contribution is 9.10. The SMILES string of the molecule is CC(C)(CCOC(=O)CS)[C@@H](OC(=O)Nc1ccc(Br)cc1)c1ccc(OCCO)cc1. The van der Waals surface area contributed by atoms with Crippen molar-refractivity contribution in [1.82, 2.24) is 0 Å². The van der Waals surface area contributed by atoms with Gasteiger partial charge in [0, 0.05) is 15.6 Å². The molecule has 2 rings (SSSR count). The van der Waals surface area contributed by atoms with Crippen LogP contribution in [0.2, 0.25) is 0 Å². The van der Waals surface area contributed by atoms with E-state index in [2.05, 4.69) is 33.9 Å². The minimum absolute atomic E-state index is 0.00521. The van der Waals surface area contributed by atoms with Crippen LogP contribution in [-0.2, 0) is 14.3 Å². The highest BCUT2D eigenvalue weighted by Crippen LogP contribution is 2.40. The Morgan fingerprint density at radius 2 is 1.75 bits per heavy atom. The first kappa shape index (κ1) is 26.0. The van der Waals surface area contributed by atoms with E-state index in [1.807, 2.05) is 38.1 Å². The van der Waals surface area contributed by atoms with Crippen LogP contribution in [0.5, 0.6) is 5.75 Å². The van der Waals surface area contributed by atoms with Crippen molar-refractivity contribution in [3.8, 4) is 5.75 Å². The number of anilines is 1. The largest absolute Gasteiger partial charge is 0.491 e. The summed E-state index contributed by atoms with van der Waals surface area (Å²) in [6.45, 7) is 4.17. The number of ether oxygens (including phenoxy) is 3. The number of halogens is 1. The van der Waals surface area contributed by atoms with Crippen LogP contribution in [0.15, 0.2) is 53.0 Å². The van der Waals surface area contributed by atoms with Gasteiger partial charge < -0.3 is 19.3 Å². The number of benzene rings is 2. The van der Waals surface area contributed by atoms with Crippen molar-refractivity contribution >= 4 is 46.3 Å². The third-order valence-corrected chi connectivity index (χ3v) is 5.49. The topological polar surface area (TPSA) is 94.1 Å². The van der Waals surface area contributed by atoms with Gasteiger partial charge in [0.05, 0.1) is 19.0 Å². The van der Waals surface area contributed by atoms with Gasteiger partial charge in [-0.05, 0) is 48.4 Å². The Balaban J connectivity index is 2.17. The molecule has 9 heteroatoms. The van der Waals surface area contributed by atoms with Gasteiger partial charge in [-0.1, -0.05) is 41.9 Å². The van der Waals surface area contributed by atoms with Crippen molar-refractivity contribution in [2.45, 2.75) is 26.4 Å². The van der Waals surface area contributed by atoms with Gasteiger partial charge in [-0.3, -0.25) is 10.1 Å². The van der Waals surface area contributed by atoms with Crippen molar-refractivity contribution in [2.24, 2.45) is 5.41 Å². The lowest BCUT2D eigenvalue weighted by Gasteiger charge is -2.34. The Morgan fingerprint density at radius 3 is 2.34 bits per heavy atom. The van der Waals surface area contributed by atoms with Gasteiger partial charge in [-0.2, -0.15) is 12.6 Å². The van der Waals surface area contributed by atoms with E-state index >= 15 is 0 Å². The van der Waals surface area contributed by atoms with Crippen LogP contribution in [0.4, 0.5) is 10.5 Å². The Hall–Kier alpha value is -2.23. The van der Waals surface area contributed by atoms with E-state index in [1.54, 1.807) is 24.3 Å². The monoisotopic (exact) mass is 525 g/mol. The summed E-state index contributed by atoms with van der Waals surface area (Å²) in [5.74, 6) is 0.201. The van der Waals surface area contributed by atoms with Crippen LogP contribution < -0.4 is 10.1 Å². The maximum Gasteiger partial charge on any atom is 0.412 e. The number of rotatable bonds is 11. The first-order valence-corrected chi connectivity index (χ1v) is 11.5. The predicted molar refractivity (Wildman–Crippen MR) is 129 cm³/mol. The molecule has 0 saturated carbocycles. The molecule has 0 spiro atoms. The van der Waals surface area contributed by atoms with Crippen LogP contribution >= 0.6 is 28.6 Å². The zero-order valence-electron chi connectivity index (χ0n) is 18.0. The molecule has 7 nitrogen and oxygen atoms in total. The van der Waals surface area contributed by atoms with E-state index in [9.17, 15) is 9.59 Å². The molecular formula is C23H28BrNO6S. The summed E-state index contributed by atoms with van der Waals surface area (Å²) in [6, 6.07) is 14.3. The van der Waals surface area contributed by atoms with Crippen LogP contribution in [0.25, 0.3) is 0 Å². The molecule has 0 aliphatic heterocycles. The van der Waals surface area contributed by atoms with Crippen molar-refractivity contribution in [1.29, 1.82) is 0 Å². The van der Waals surface area contributed by atoms with E-state index in [4.69, 9.17) is 19.3 Å². The van der Waals surface area contributed by atoms with Crippen LogP contribution in [0.3, 0.4) is 0 Å². The van der Waals surface area contributed by atoms with Crippen molar-refractivity contribution in [3.05, 3.63) is 58.6 Å². The molecule has 0 fully saturated rings. The predicted octanol–water partition coefficient (Wildman–Crippen LogP) is 5.00. The Morgan fingerprint density at radius 1 is 1.09 bits per heavy atom. The van der Waals surface area contributed by atoms with Crippen molar-refractivity contribution < 1.29 is 28.9 Å².